The number of hydrogen-bond donors (Lipinski definition) is 1. The maximum Gasteiger partial charge on any atom is 1.00 e. The van der Waals surface area contributed by atoms with E-state index in [2.05, 4.69) is 32.8 Å². The number of nitrogens with one attached hydrogen (secondary N) is 1. The summed E-state index contributed by atoms with van der Waals surface area (Å²) in [4.78, 5) is 11.7. The van der Waals surface area contributed by atoms with Crippen LogP contribution in [-0.2, 0) is 12.8 Å². The first-order valence-corrected chi connectivity index (χ1v) is 13.5. The maximum absolute atomic E-state index is 12.0. The Labute approximate surface area is 266 Å². The average Bonchev–Trinajstić information content (AvgIpc) is 3.62. The zero-order chi connectivity index (χ0) is 26.2. The van der Waals surface area contributed by atoms with Crippen LogP contribution in [0.15, 0.2) is 35.4 Å². The van der Waals surface area contributed by atoms with E-state index < -0.39 is 0 Å². The van der Waals surface area contributed by atoms with Crippen LogP contribution >= 0.6 is 0 Å². The second-order valence-corrected chi connectivity index (χ2v) is 9.47. The third-order valence-corrected chi connectivity index (χ3v) is 6.76. The summed E-state index contributed by atoms with van der Waals surface area (Å²) in [5.41, 5.74) is 4.95. The molecule has 0 atom stereocenters. The van der Waals surface area contributed by atoms with Crippen molar-refractivity contribution in [2.75, 3.05) is 59.4 Å². The van der Waals surface area contributed by atoms with Gasteiger partial charge in [-0.15, -0.1) is 0 Å². The SMILES string of the molecule is C=C/C=C(/CN1CCCC1)C(=NC)C1CC1.COc1cc(CCCCCF)nc2c1CCCN2.C[O-].[K+]. The number of aliphatic imine (C=N–C) groups is 1. The fourth-order valence-electron chi connectivity index (χ4n) is 4.83. The molecular weight excluding hydrogens is 494 g/mol. The van der Waals surface area contributed by atoms with Gasteiger partial charge in [0.1, 0.15) is 11.6 Å². The second-order valence-electron chi connectivity index (χ2n) is 9.47. The molecule has 1 saturated heterocycles. The number of rotatable bonds is 11. The molecule has 1 saturated carbocycles. The fraction of sp³-hybridized carbons (Fsp3) is 0.655. The standard InChI is InChI=1S/C14H21FN2O.C14H22N2.CH3O.K/c1-18-13-10-11(6-3-2-4-8-15)17-14-12(13)7-5-9-16-14;1-3-6-13(11-16-9-4-5-10-16)14(15-2)12-7-8-12;1-2;/h10H,2-9H2,1H3,(H,16,17);3,6,12H,1,4-5,7-11H2,2H3;1H3;/q;;-1;+1/b;13-6-,15-14?;;. The Morgan fingerprint density at radius 2 is 1.97 bits per heavy atom. The number of halogens is 1. The van der Waals surface area contributed by atoms with E-state index in [0.29, 0.717) is 6.42 Å². The van der Waals surface area contributed by atoms with Crippen LogP contribution in [-0.4, -0.2) is 69.7 Å². The number of pyridine rings is 1. The maximum atomic E-state index is 12.0. The van der Waals surface area contributed by atoms with Crippen molar-refractivity contribution >= 4 is 11.5 Å². The van der Waals surface area contributed by atoms with E-state index in [1.54, 1.807) is 7.11 Å². The Bertz CT molecular complexity index is 835. The number of anilines is 1. The Balaban J connectivity index is 0.000000340. The Hall–Kier alpha value is -0.614. The van der Waals surface area contributed by atoms with Gasteiger partial charge in [-0.2, -0.15) is 7.11 Å². The summed E-state index contributed by atoms with van der Waals surface area (Å²) in [5.74, 6) is 2.65. The van der Waals surface area contributed by atoms with Crippen molar-refractivity contribution in [3.63, 3.8) is 0 Å². The van der Waals surface area contributed by atoms with E-state index in [1.807, 2.05) is 19.2 Å². The molecule has 1 aromatic rings. The van der Waals surface area contributed by atoms with E-state index in [1.165, 1.54) is 55.6 Å². The number of allylic oxidation sites excluding steroid dienone is 2. The topological polar surface area (TPSA) is 72.8 Å². The molecule has 0 spiro atoms. The summed E-state index contributed by atoms with van der Waals surface area (Å²) < 4.78 is 17.5. The predicted octanol–water partition coefficient (Wildman–Crippen LogP) is 1.79. The Morgan fingerprint density at radius 1 is 1.24 bits per heavy atom. The van der Waals surface area contributed by atoms with Crippen molar-refractivity contribution < 1.29 is 65.6 Å². The molecule has 2 fully saturated rings. The zero-order valence-electron chi connectivity index (χ0n) is 23.7. The molecule has 2 aliphatic heterocycles. The van der Waals surface area contributed by atoms with Crippen LogP contribution in [0.3, 0.4) is 0 Å². The van der Waals surface area contributed by atoms with E-state index in [4.69, 9.17) is 9.84 Å². The molecule has 0 amide bonds. The number of alkyl halides is 1. The number of fused-ring (bicyclic) bond motifs is 1. The number of methoxy groups -OCH3 is 1. The largest absolute Gasteiger partial charge is 1.00 e. The van der Waals surface area contributed by atoms with Gasteiger partial charge in [0.05, 0.1) is 13.8 Å². The zero-order valence-corrected chi connectivity index (χ0v) is 26.8. The summed E-state index contributed by atoms with van der Waals surface area (Å²) in [5, 5.41) is 11.6. The van der Waals surface area contributed by atoms with E-state index in [-0.39, 0.29) is 58.1 Å². The van der Waals surface area contributed by atoms with Crippen LogP contribution in [0.1, 0.15) is 62.6 Å². The van der Waals surface area contributed by atoms with Gasteiger partial charge in [-0.1, -0.05) is 25.2 Å². The number of hydrogen-bond acceptors (Lipinski definition) is 6. The molecule has 0 aromatic carbocycles. The number of aryl methyl sites for hydroxylation is 1. The summed E-state index contributed by atoms with van der Waals surface area (Å²) in [6.45, 7) is 8.14. The summed E-state index contributed by atoms with van der Waals surface area (Å²) in [6, 6.07) is 2.03. The first-order chi connectivity index (χ1) is 17.7. The van der Waals surface area contributed by atoms with Crippen molar-refractivity contribution in [1.29, 1.82) is 0 Å². The van der Waals surface area contributed by atoms with Crippen LogP contribution in [0.4, 0.5) is 10.2 Å². The van der Waals surface area contributed by atoms with Gasteiger partial charge in [-0.3, -0.25) is 14.3 Å². The van der Waals surface area contributed by atoms with Gasteiger partial charge in [-0.05, 0) is 76.5 Å². The molecule has 1 aromatic heterocycles. The van der Waals surface area contributed by atoms with Crippen molar-refractivity contribution in [2.45, 2.75) is 64.2 Å². The Kier molecular flexibility index (Phi) is 18.9. The first kappa shape index (κ1) is 34.4. The van der Waals surface area contributed by atoms with Gasteiger partial charge >= 0.3 is 51.4 Å². The van der Waals surface area contributed by atoms with E-state index in [9.17, 15) is 4.39 Å². The van der Waals surface area contributed by atoms with Crippen LogP contribution in [0, 0.1) is 5.92 Å². The molecule has 37 heavy (non-hydrogen) atoms. The molecule has 6 nitrogen and oxygen atoms in total. The Morgan fingerprint density at radius 3 is 2.57 bits per heavy atom. The molecule has 4 rings (SSSR count). The number of nitrogens with zero attached hydrogens (tertiary/aromatic N) is 3. The van der Waals surface area contributed by atoms with Crippen LogP contribution in [0.2, 0.25) is 0 Å². The van der Waals surface area contributed by atoms with Gasteiger partial charge in [0, 0.05) is 49.1 Å². The van der Waals surface area contributed by atoms with Gasteiger partial charge in [0.15, 0.2) is 0 Å². The van der Waals surface area contributed by atoms with Crippen LogP contribution in [0.25, 0.3) is 0 Å². The minimum atomic E-state index is -0.220. The number of unbranched alkanes of at least 4 members (excludes halogenated alkanes) is 2. The molecule has 3 aliphatic rings. The molecule has 0 unspecified atom stereocenters. The van der Waals surface area contributed by atoms with Gasteiger partial charge in [0.25, 0.3) is 0 Å². The molecule has 1 aliphatic carbocycles. The third kappa shape index (κ3) is 12.0. The molecule has 1 N–H and O–H groups in total. The number of likely N-dealkylation sites (tertiary alicyclic amines) is 1. The monoisotopic (exact) mass is 540 g/mol. The summed E-state index contributed by atoms with van der Waals surface area (Å²) >= 11 is 0. The van der Waals surface area contributed by atoms with E-state index in [0.717, 1.165) is 75.5 Å². The predicted molar refractivity (Wildman–Crippen MR) is 147 cm³/mol. The summed E-state index contributed by atoms with van der Waals surface area (Å²) in [7, 11) is 4.38. The molecular formula is C29H46FKN4O2. The normalized spacial score (nSPS) is 17.2. The number of aromatic nitrogens is 1. The van der Waals surface area contributed by atoms with Crippen molar-refractivity contribution in [3.8, 4) is 5.75 Å². The van der Waals surface area contributed by atoms with Crippen LogP contribution in [0.5, 0.6) is 5.75 Å². The quantitative estimate of drug-likeness (QED) is 0.201. The summed E-state index contributed by atoms with van der Waals surface area (Å²) in [6.07, 6.45) is 15.0. The average molecular weight is 541 g/mol. The molecule has 0 bridgehead atoms. The van der Waals surface area contributed by atoms with Gasteiger partial charge in [0.2, 0.25) is 0 Å². The molecule has 3 heterocycles. The smallest absolute Gasteiger partial charge is 0.857 e. The van der Waals surface area contributed by atoms with Crippen molar-refractivity contribution in [1.82, 2.24) is 9.88 Å². The number of ether oxygens (including phenoxy) is 1. The minimum Gasteiger partial charge on any atom is -0.857 e. The molecule has 202 valence electrons. The van der Waals surface area contributed by atoms with Gasteiger partial charge in [-0.25, -0.2) is 4.98 Å². The van der Waals surface area contributed by atoms with Crippen molar-refractivity contribution in [3.05, 3.63) is 41.6 Å². The van der Waals surface area contributed by atoms with Gasteiger partial charge < -0.3 is 15.2 Å². The van der Waals surface area contributed by atoms with E-state index >= 15 is 0 Å². The minimum absolute atomic E-state index is 0. The molecule has 0 radical (unpaired) electrons. The van der Waals surface area contributed by atoms with Crippen LogP contribution < -0.4 is 66.5 Å². The fourth-order valence-corrected chi connectivity index (χ4v) is 4.83. The third-order valence-electron chi connectivity index (χ3n) is 6.76. The van der Waals surface area contributed by atoms with Crippen molar-refractivity contribution in [2.24, 2.45) is 10.9 Å². The molecule has 8 heteroatoms. The first-order valence-electron chi connectivity index (χ1n) is 13.5. The second kappa shape index (κ2) is 20.3.